The Morgan fingerprint density at radius 3 is 2.59 bits per heavy atom. The van der Waals surface area contributed by atoms with Gasteiger partial charge in [-0.15, -0.1) is 0 Å². The molecule has 3 aliphatic rings. The van der Waals surface area contributed by atoms with Crippen LogP contribution >= 0.6 is 0 Å². The van der Waals surface area contributed by atoms with Crippen molar-refractivity contribution in [2.24, 2.45) is 5.92 Å². The number of anilines is 1. The summed E-state index contributed by atoms with van der Waals surface area (Å²) in [6.07, 6.45) is 5.69. The molecule has 2 aliphatic heterocycles. The molecule has 1 saturated carbocycles. The van der Waals surface area contributed by atoms with E-state index in [2.05, 4.69) is 41.6 Å². The van der Waals surface area contributed by atoms with Crippen LogP contribution in [-0.4, -0.2) is 56.4 Å². The Labute approximate surface area is 204 Å². The zero-order valence-electron chi connectivity index (χ0n) is 21.3. The number of carbonyl (C=O) groups excluding carboxylic acids is 1. The number of morpholine rings is 1. The zero-order chi connectivity index (χ0) is 24.3. The standard InChI is InChI=1S/C28H40N2O4/c1-20(30-14-16-32-17-15-30)22-12-13-25-24(18-22)29(5)27(21-8-6-9-21)23(19-33-25)10-7-11-26(31)34-28(2,3)4/h12-13,18,23H,1,6-11,14-17,19H2,2-5H3/t23-/m0/s1. The highest BCUT2D eigenvalue weighted by Crippen LogP contribution is 2.43. The van der Waals surface area contributed by atoms with E-state index in [1.807, 2.05) is 20.8 Å². The molecule has 0 amide bonds. The van der Waals surface area contributed by atoms with Crippen LogP contribution in [-0.2, 0) is 14.3 Å². The van der Waals surface area contributed by atoms with Crippen molar-refractivity contribution in [1.29, 1.82) is 0 Å². The molecule has 2 heterocycles. The summed E-state index contributed by atoms with van der Waals surface area (Å²) in [5.74, 6) is 1.05. The number of carbonyl (C=O) groups is 1. The third-order valence-electron chi connectivity index (χ3n) is 6.91. The Morgan fingerprint density at radius 2 is 1.94 bits per heavy atom. The predicted octanol–water partition coefficient (Wildman–Crippen LogP) is 5.38. The average Bonchev–Trinajstić information content (AvgIpc) is 2.89. The van der Waals surface area contributed by atoms with Crippen molar-refractivity contribution in [3.8, 4) is 5.75 Å². The van der Waals surface area contributed by atoms with Crippen LogP contribution < -0.4 is 9.64 Å². The summed E-state index contributed by atoms with van der Waals surface area (Å²) in [6.45, 7) is 14.0. The van der Waals surface area contributed by atoms with Gasteiger partial charge < -0.3 is 24.0 Å². The van der Waals surface area contributed by atoms with Gasteiger partial charge in [-0.05, 0) is 76.6 Å². The highest BCUT2D eigenvalue weighted by molar-refractivity contribution is 5.72. The van der Waals surface area contributed by atoms with E-state index >= 15 is 0 Å². The van der Waals surface area contributed by atoms with E-state index < -0.39 is 5.60 Å². The first-order valence-electron chi connectivity index (χ1n) is 12.7. The number of ether oxygens (including phenoxy) is 3. The Kier molecular flexibility index (Phi) is 7.56. The Bertz CT molecular complexity index is 934. The summed E-state index contributed by atoms with van der Waals surface area (Å²) < 4.78 is 17.4. The molecule has 34 heavy (non-hydrogen) atoms. The molecule has 4 rings (SSSR count). The molecular weight excluding hydrogens is 428 g/mol. The van der Waals surface area contributed by atoms with Gasteiger partial charge in [-0.2, -0.15) is 0 Å². The molecule has 186 valence electrons. The second-order valence-corrected chi connectivity index (χ2v) is 10.6. The maximum atomic E-state index is 12.2. The number of benzene rings is 1. The lowest BCUT2D eigenvalue weighted by atomic mass is 9.84. The summed E-state index contributed by atoms with van der Waals surface area (Å²) in [6, 6.07) is 6.41. The third kappa shape index (κ3) is 5.77. The molecule has 0 N–H and O–H groups in total. The van der Waals surface area contributed by atoms with E-state index in [-0.39, 0.29) is 11.9 Å². The maximum Gasteiger partial charge on any atom is 0.306 e. The summed E-state index contributed by atoms with van der Waals surface area (Å²) in [7, 11) is 2.16. The van der Waals surface area contributed by atoms with Crippen molar-refractivity contribution in [3.63, 3.8) is 0 Å². The Morgan fingerprint density at radius 1 is 1.21 bits per heavy atom. The van der Waals surface area contributed by atoms with E-state index in [0.717, 1.165) is 74.7 Å². The molecule has 0 unspecified atom stereocenters. The molecular formula is C28H40N2O4. The molecule has 1 aliphatic carbocycles. The number of nitrogens with zero attached hydrogens (tertiary/aromatic N) is 2. The number of rotatable bonds is 6. The first-order valence-corrected chi connectivity index (χ1v) is 12.7. The molecule has 0 aromatic heterocycles. The van der Waals surface area contributed by atoms with Gasteiger partial charge in [-0.3, -0.25) is 4.79 Å². The van der Waals surface area contributed by atoms with E-state index in [1.165, 1.54) is 17.7 Å². The molecule has 2 fully saturated rings. The summed E-state index contributed by atoms with van der Waals surface area (Å²) in [5.41, 5.74) is 5.72. The largest absolute Gasteiger partial charge is 0.491 e. The SMILES string of the molecule is C=C(c1ccc2c(c1)N(C)C(=C1CCC1)[C@@H](CCCC(=O)OC(C)(C)C)CO2)N1CCOCC1. The highest BCUT2D eigenvalue weighted by Gasteiger charge is 2.31. The first-order chi connectivity index (χ1) is 16.2. The summed E-state index contributed by atoms with van der Waals surface area (Å²) in [4.78, 5) is 16.9. The second-order valence-electron chi connectivity index (χ2n) is 10.6. The van der Waals surface area contributed by atoms with Crippen LogP contribution in [0.3, 0.4) is 0 Å². The molecule has 6 nitrogen and oxygen atoms in total. The van der Waals surface area contributed by atoms with Crippen molar-refractivity contribution >= 4 is 17.4 Å². The van der Waals surface area contributed by atoms with Gasteiger partial charge in [-0.1, -0.05) is 12.2 Å². The quantitative estimate of drug-likeness (QED) is 0.522. The van der Waals surface area contributed by atoms with Crippen LogP contribution in [0, 0.1) is 5.92 Å². The normalized spacial score (nSPS) is 20.8. The van der Waals surface area contributed by atoms with Crippen LogP contribution in [0.5, 0.6) is 5.75 Å². The van der Waals surface area contributed by atoms with Gasteiger partial charge >= 0.3 is 5.97 Å². The molecule has 0 radical (unpaired) electrons. The first kappa shape index (κ1) is 24.6. The lowest BCUT2D eigenvalue weighted by Gasteiger charge is -2.33. The van der Waals surface area contributed by atoms with Crippen LogP contribution in [0.2, 0.25) is 0 Å². The van der Waals surface area contributed by atoms with Gasteiger partial charge in [0.1, 0.15) is 11.4 Å². The van der Waals surface area contributed by atoms with Gasteiger partial charge in [-0.25, -0.2) is 0 Å². The fourth-order valence-corrected chi connectivity index (χ4v) is 5.01. The third-order valence-corrected chi connectivity index (χ3v) is 6.91. The van der Waals surface area contributed by atoms with E-state index in [0.29, 0.717) is 13.0 Å². The average molecular weight is 469 g/mol. The molecule has 1 aromatic rings. The molecule has 1 aromatic carbocycles. The molecule has 6 heteroatoms. The lowest BCUT2D eigenvalue weighted by Crippen LogP contribution is -2.34. The van der Waals surface area contributed by atoms with Crippen LogP contribution in [0.15, 0.2) is 36.0 Å². The van der Waals surface area contributed by atoms with Crippen LogP contribution in [0.25, 0.3) is 5.70 Å². The Balaban J connectivity index is 1.50. The van der Waals surface area contributed by atoms with Crippen molar-refractivity contribution in [2.45, 2.75) is 64.9 Å². The van der Waals surface area contributed by atoms with E-state index in [1.54, 1.807) is 0 Å². The minimum Gasteiger partial charge on any atom is -0.491 e. The molecule has 1 saturated heterocycles. The number of allylic oxidation sites excluding steroid dienone is 1. The van der Waals surface area contributed by atoms with Gasteiger partial charge in [0.15, 0.2) is 0 Å². The Hall–Kier alpha value is -2.47. The fourth-order valence-electron chi connectivity index (χ4n) is 5.01. The van der Waals surface area contributed by atoms with Crippen molar-refractivity contribution in [1.82, 2.24) is 4.90 Å². The monoisotopic (exact) mass is 468 g/mol. The van der Waals surface area contributed by atoms with Gasteiger partial charge in [0.25, 0.3) is 0 Å². The second kappa shape index (κ2) is 10.4. The van der Waals surface area contributed by atoms with Crippen molar-refractivity contribution in [3.05, 3.63) is 41.6 Å². The molecule has 0 bridgehead atoms. The minimum atomic E-state index is -0.438. The van der Waals surface area contributed by atoms with Gasteiger partial charge in [0.2, 0.25) is 0 Å². The number of hydrogen-bond acceptors (Lipinski definition) is 6. The fraction of sp³-hybridized carbons (Fsp3) is 0.607. The number of esters is 1. The van der Waals surface area contributed by atoms with Crippen molar-refractivity contribution in [2.75, 3.05) is 44.9 Å². The molecule has 0 spiro atoms. The topological polar surface area (TPSA) is 51.2 Å². The zero-order valence-corrected chi connectivity index (χ0v) is 21.3. The van der Waals surface area contributed by atoms with Gasteiger partial charge in [0, 0.05) is 43.9 Å². The van der Waals surface area contributed by atoms with E-state index in [9.17, 15) is 4.79 Å². The summed E-state index contributed by atoms with van der Waals surface area (Å²) >= 11 is 0. The smallest absolute Gasteiger partial charge is 0.306 e. The lowest BCUT2D eigenvalue weighted by molar-refractivity contribution is -0.154. The minimum absolute atomic E-state index is 0.122. The van der Waals surface area contributed by atoms with Crippen LogP contribution in [0.4, 0.5) is 5.69 Å². The number of fused-ring (bicyclic) bond motifs is 1. The summed E-state index contributed by atoms with van der Waals surface area (Å²) in [5, 5.41) is 0. The van der Waals surface area contributed by atoms with Crippen molar-refractivity contribution < 1.29 is 19.0 Å². The number of hydrogen-bond donors (Lipinski definition) is 0. The maximum absolute atomic E-state index is 12.2. The van der Waals surface area contributed by atoms with Gasteiger partial charge in [0.05, 0.1) is 25.5 Å². The molecule has 1 atom stereocenters. The van der Waals surface area contributed by atoms with Crippen LogP contribution in [0.1, 0.15) is 64.9 Å². The van der Waals surface area contributed by atoms with E-state index in [4.69, 9.17) is 14.2 Å². The highest BCUT2D eigenvalue weighted by atomic mass is 16.6. The predicted molar refractivity (Wildman–Crippen MR) is 136 cm³/mol.